The van der Waals surface area contributed by atoms with Crippen molar-refractivity contribution in [3.63, 3.8) is 0 Å². The summed E-state index contributed by atoms with van der Waals surface area (Å²) in [5.74, 6) is 1.62. The van der Waals surface area contributed by atoms with Gasteiger partial charge in [-0.05, 0) is 126 Å². The Hall–Kier alpha value is -12.2. The molecule has 3 amide bonds. The summed E-state index contributed by atoms with van der Waals surface area (Å²) in [4.78, 5) is 76.5. The minimum Gasteiger partial charge on any atom is -0.497 e. The number of rotatable bonds is 18. The molecule has 11 aromatic rings. The van der Waals surface area contributed by atoms with Crippen LogP contribution >= 0.6 is 11.6 Å². The van der Waals surface area contributed by atoms with E-state index >= 15 is 0 Å². The molecule has 0 aliphatic carbocycles. The number of halogens is 4. The fraction of sp³-hybridized carbons (Fsp3) is 0.267. The Labute approximate surface area is 657 Å². The zero-order valence-corrected chi connectivity index (χ0v) is 63.6. The number of nitrogens with two attached hydrogens (primary N) is 1. The monoisotopic (exact) mass is 1550 g/mol. The van der Waals surface area contributed by atoms with Gasteiger partial charge in [-0.2, -0.15) is 0 Å². The summed E-state index contributed by atoms with van der Waals surface area (Å²) in [6.45, 7) is 11.3. The molecule has 3 saturated heterocycles. The van der Waals surface area contributed by atoms with Crippen LogP contribution in [-0.2, 0) is 59.8 Å². The largest absolute Gasteiger partial charge is 0.497 e. The first-order valence-electron chi connectivity index (χ1n) is 37.0. The van der Waals surface area contributed by atoms with E-state index in [2.05, 4.69) is 46.0 Å². The number of anilines is 4. The van der Waals surface area contributed by atoms with Gasteiger partial charge in [0.25, 0.3) is 17.7 Å². The number of morpholine rings is 3. The molecule has 0 unspecified atom stereocenters. The number of fused-ring (bicyclic) bond motifs is 3. The van der Waals surface area contributed by atoms with E-state index in [9.17, 15) is 27.6 Å². The second kappa shape index (κ2) is 35.9. The highest BCUT2D eigenvalue weighted by atomic mass is 35.5. The smallest absolute Gasteiger partial charge is 0.257 e. The minimum absolute atomic E-state index is 0.120. The van der Waals surface area contributed by atoms with Gasteiger partial charge in [0.15, 0.2) is 0 Å². The van der Waals surface area contributed by atoms with Crippen LogP contribution in [0.5, 0.6) is 23.0 Å². The summed E-state index contributed by atoms with van der Waals surface area (Å²) in [6, 6.07) is 47.5. The normalized spacial score (nSPS) is 14.8. The number of pyridine rings is 6. The van der Waals surface area contributed by atoms with Crippen LogP contribution in [0.25, 0.3) is 33.8 Å². The Morgan fingerprint density at radius 3 is 1.25 bits per heavy atom. The lowest BCUT2D eigenvalue weighted by atomic mass is 9.99. The highest BCUT2D eigenvalue weighted by molar-refractivity contribution is 6.34. The van der Waals surface area contributed by atoms with Gasteiger partial charge in [0.2, 0.25) is 0 Å². The molecule has 6 aliphatic rings. The Morgan fingerprint density at radius 2 is 0.841 bits per heavy atom. The number of nitrogens with one attached hydrogen (secondary N) is 1. The Balaban J connectivity index is 0.000000132. The number of methoxy groups -OCH3 is 4. The molecule has 0 radical (unpaired) electrons. The average Bonchev–Trinajstić information content (AvgIpc) is 1.64. The van der Waals surface area contributed by atoms with Crippen molar-refractivity contribution in [2.75, 3.05) is 128 Å². The van der Waals surface area contributed by atoms with Gasteiger partial charge in [0.1, 0.15) is 46.3 Å². The molecular formula is C86H83ClF3N13O10. The number of hydrogen-bond acceptors (Lipinski definition) is 20. The number of ether oxygens (including phenoxy) is 7. The molecule has 3 fully saturated rings. The van der Waals surface area contributed by atoms with Crippen LogP contribution in [-0.4, -0.2) is 165 Å². The second-order valence-corrected chi connectivity index (χ2v) is 27.6. The molecular weight excluding hydrogens is 1470 g/mol. The van der Waals surface area contributed by atoms with Crippen LogP contribution in [0.2, 0.25) is 5.02 Å². The number of carbonyl (C=O) groups is 3. The molecule has 3 N–H and O–H groups in total. The van der Waals surface area contributed by atoms with Gasteiger partial charge in [0, 0.05) is 103 Å². The first-order chi connectivity index (χ1) is 55.1. The Bertz CT molecular complexity index is 5250. The molecule has 113 heavy (non-hydrogen) atoms. The van der Waals surface area contributed by atoms with Crippen molar-refractivity contribution in [3.8, 4) is 56.8 Å². The van der Waals surface area contributed by atoms with Crippen molar-refractivity contribution in [1.29, 1.82) is 0 Å². The first kappa shape index (κ1) is 77.5. The van der Waals surface area contributed by atoms with E-state index in [1.807, 2.05) is 73.1 Å². The lowest BCUT2D eigenvalue weighted by molar-refractivity contribution is 0.0757. The third-order valence-electron chi connectivity index (χ3n) is 20.1. The number of benzene rings is 5. The topological polar surface area (TPSA) is 247 Å². The van der Waals surface area contributed by atoms with Gasteiger partial charge < -0.3 is 68.7 Å². The van der Waals surface area contributed by atoms with Crippen molar-refractivity contribution in [2.24, 2.45) is 0 Å². The van der Waals surface area contributed by atoms with Crippen LogP contribution < -0.4 is 44.7 Å². The second-order valence-electron chi connectivity index (χ2n) is 27.2. The number of nitrogens with zero attached hydrogens (tertiary/aromatic N) is 11. The fourth-order valence-corrected chi connectivity index (χ4v) is 14.6. The van der Waals surface area contributed by atoms with E-state index in [4.69, 9.17) is 60.5 Å². The summed E-state index contributed by atoms with van der Waals surface area (Å²) >= 11 is 6.39. The number of carbonyl (C=O) groups excluding carboxylic acids is 3. The summed E-state index contributed by atoms with van der Waals surface area (Å²) in [5, 5.41) is 3.09. The molecule has 0 bridgehead atoms. The van der Waals surface area contributed by atoms with Gasteiger partial charge in [-0.3, -0.25) is 24.4 Å². The van der Waals surface area contributed by atoms with E-state index in [0.717, 1.165) is 116 Å². The van der Waals surface area contributed by atoms with Crippen molar-refractivity contribution in [1.82, 2.24) is 45.0 Å². The predicted molar refractivity (Wildman–Crippen MR) is 423 cm³/mol. The lowest BCUT2D eigenvalue weighted by Gasteiger charge is -2.28. The quantitative estimate of drug-likeness (QED) is 0.0810. The van der Waals surface area contributed by atoms with E-state index in [1.165, 1.54) is 24.3 Å². The molecule has 580 valence electrons. The maximum Gasteiger partial charge on any atom is 0.257 e. The summed E-state index contributed by atoms with van der Waals surface area (Å²) in [5.41, 5.74) is 19.6. The molecule has 17 rings (SSSR count). The molecule has 5 aromatic carbocycles. The molecule has 0 atom stereocenters. The molecule has 0 spiro atoms. The zero-order valence-electron chi connectivity index (χ0n) is 62.8. The van der Waals surface area contributed by atoms with Gasteiger partial charge in [-0.1, -0.05) is 48.0 Å². The predicted octanol–water partition coefficient (Wildman–Crippen LogP) is 13.1. The van der Waals surface area contributed by atoms with Gasteiger partial charge in [-0.25, -0.2) is 33.1 Å². The molecule has 12 heterocycles. The zero-order chi connectivity index (χ0) is 78.5. The van der Waals surface area contributed by atoms with Gasteiger partial charge >= 0.3 is 0 Å². The number of aromatic nitrogens is 6. The first-order valence-corrected chi connectivity index (χ1v) is 37.4. The standard InChI is InChI=1S/C32H31FN4O4.C23H21FN4O2.C22H18ClFN2O3.C9H13N3O/c1-39-25-10-7-21(30(17-25)40-2)19-37-20-29-31(32(37)38)22(16-28(35-29)26-5-3-4-6-27(26)33)15-23-8-9-24(18-34-23)36-11-13-41-14-12-36;24-19-4-2-1-3-18(19)20-12-15(22-21(27-20)14-26-23(22)29)11-16-5-6-17(13-25-16)28-7-9-30-10-8-28;1-28-14-8-7-13(20(9-14)29-2)11-26-12-19-21(22(26)27)16(23)10-18(25-19)15-5-3-4-6-17(15)24;10-9-2-1-8(7-11-9)12-3-5-13-6-4-12/h3-10,16-18H,11-15,19-20H2,1-2H3;1-6,12-13H,7-11,14H2,(H,26,29);3-10H,11-12H2,1-2H3;1-2,7H,3-6H2,(H2,10,11). The van der Waals surface area contributed by atoms with Crippen molar-refractivity contribution >= 4 is 52.2 Å². The van der Waals surface area contributed by atoms with E-state index in [1.54, 1.807) is 117 Å². The van der Waals surface area contributed by atoms with E-state index in [-0.39, 0.29) is 46.7 Å². The van der Waals surface area contributed by atoms with Crippen molar-refractivity contribution in [3.05, 3.63) is 272 Å². The molecule has 6 aromatic heterocycles. The van der Waals surface area contributed by atoms with Gasteiger partial charge in [-0.15, -0.1) is 0 Å². The molecule has 6 aliphatic heterocycles. The third-order valence-corrected chi connectivity index (χ3v) is 20.4. The molecule has 23 nitrogen and oxygen atoms in total. The van der Waals surface area contributed by atoms with Crippen LogP contribution in [0.1, 0.15) is 81.8 Å². The summed E-state index contributed by atoms with van der Waals surface area (Å²) in [7, 11) is 6.34. The van der Waals surface area contributed by atoms with Gasteiger partial charge in [0.05, 0.1) is 192 Å². The Kier molecular flexibility index (Phi) is 24.6. The van der Waals surface area contributed by atoms with Crippen LogP contribution in [0.3, 0.4) is 0 Å². The van der Waals surface area contributed by atoms with Crippen LogP contribution in [0.4, 0.5) is 36.1 Å². The Morgan fingerprint density at radius 1 is 0.442 bits per heavy atom. The van der Waals surface area contributed by atoms with Crippen LogP contribution in [0, 0.1) is 17.5 Å². The maximum atomic E-state index is 14.8. The number of nitrogen functional groups attached to an aromatic ring is 1. The van der Waals surface area contributed by atoms with Crippen molar-refractivity contribution < 1.29 is 60.7 Å². The number of hydrogen-bond donors (Lipinski definition) is 2. The van der Waals surface area contributed by atoms with E-state index in [0.29, 0.717) is 149 Å². The van der Waals surface area contributed by atoms with E-state index < -0.39 is 0 Å². The fourth-order valence-electron chi connectivity index (χ4n) is 14.3. The average molecular weight is 1550 g/mol. The minimum atomic E-state index is -0.389. The SMILES string of the molecule is COc1ccc(CN2Cc3nc(-c4ccccc4F)cc(Cc4ccc(N5CCOCC5)cn4)c3C2=O)c(OC)c1.COc1ccc(CN2Cc3nc(-c4ccccc4F)cc(Cl)c3C2=O)c(OC)c1.Nc1ccc(N2CCOCC2)cn1.O=C1NCc2nc(-c3ccccc3F)cc(Cc3ccc(N4CCOCC4)cn3)c21. The molecule has 27 heteroatoms. The number of amides is 3. The summed E-state index contributed by atoms with van der Waals surface area (Å²) in [6.07, 6.45) is 6.43. The highest BCUT2D eigenvalue weighted by Crippen LogP contribution is 2.38. The van der Waals surface area contributed by atoms with Crippen molar-refractivity contribution in [2.45, 2.75) is 45.6 Å². The lowest BCUT2D eigenvalue weighted by Crippen LogP contribution is -2.36. The third kappa shape index (κ3) is 18.1. The van der Waals surface area contributed by atoms with Crippen LogP contribution in [0.15, 0.2) is 182 Å². The molecule has 0 saturated carbocycles. The highest BCUT2D eigenvalue weighted by Gasteiger charge is 2.35. The maximum absolute atomic E-state index is 14.8. The summed E-state index contributed by atoms with van der Waals surface area (Å²) < 4.78 is 81.0.